The minimum atomic E-state index is -0.781. The summed E-state index contributed by atoms with van der Waals surface area (Å²) in [6.45, 7) is -0.185. The smallest absolute Gasteiger partial charge is 0.243 e. The molecule has 1 N–H and O–H groups in total. The van der Waals surface area contributed by atoms with E-state index >= 15 is 0 Å². The summed E-state index contributed by atoms with van der Waals surface area (Å²) in [6, 6.07) is 10.5. The molecular weight excluding hydrogens is 366 g/mol. The minimum absolute atomic E-state index is 0.0165. The quantitative estimate of drug-likeness (QED) is 0.663. The van der Waals surface area contributed by atoms with Crippen LogP contribution >= 0.6 is 0 Å². The number of rotatable bonds is 9. The Hall–Kier alpha value is -2.96. The molecule has 0 bridgehead atoms. The first-order valence-corrected chi connectivity index (χ1v) is 9.00. The maximum absolute atomic E-state index is 13.1. The Morgan fingerprint density at radius 3 is 2.29 bits per heavy atom. The fourth-order valence-corrected chi connectivity index (χ4v) is 2.72. The summed E-state index contributed by atoms with van der Waals surface area (Å²) < 4.78 is 31.4. The Bertz CT molecular complexity index is 790. The molecule has 0 saturated heterocycles. The van der Waals surface area contributed by atoms with Gasteiger partial charge in [0, 0.05) is 25.2 Å². The predicted octanol–water partition coefficient (Wildman–Crippen LogP) is 3.78. The Morgan fingerprint density at radius 1 is 1.04 bits per heavy atom. The second-order valence-electron chi connectivity index (χ2n) is 6.51. The standard InChI is InChI=1S/C21H24F2N2O3/c1-25(14-20(26)24-18-12-16(22)11-17(23)13-18)21(27)6-4-3-5-15-7-9-19(28-2)10-8-15/h7-13H,3-6,14H2,1-2H3,(H,24,26). The fourth-order valence-electron chi connectivity index (χ4n) is 2.72. The number of unbranched alkanes of at least 4 members (excludes halogenated alkanes) is 1. The van der Waals surface area contributed by atoms with Crippen molar-refractivity contribution in [3.8, 4) is 5.75 Å². The molecule has 28 heavy (non-hydrogen) atoms. The Labute approximate surface area is 163 Å². The molecule has 0 aliphatic rings. The van der Waals surface area contributed by atoms with E-state index < -0.39 is 17.5 Å². The van der Waals surface area contributed by atoms with Crippen LogP contribution in [0.4, 0.5) is 14.5 Å². The number of nitrogens with one attached hydrogen (secondary N) is 1. The molecule has 0 aromatic heterocycles. The first kappa shape index (κ1) is 21.3. The van der Waals surface area contributed by atoms with Crippen LogP contribution in [0.15, 0.2) is 42.5 Å². The summed E-state index contributed by atoms with van der Waals surface area (Å²) in [6.07, 6.45) is 2.73. The number of amides is 2. The maximum Gasteiger partial charge on any atom is 0.243 e. The van der Waals surface area contributed by atoms with Crippen molar-refractivity contribution < 1.29 is 23.1 Å². The molecule has 2 aromatic carbocycles. The van der Waals surface area contributed by atoms with Crippen molar-refractivity contribution in [1.82, 2.24) is 4.90 Å². The average molecular weight is 390 g/mol. The number of hydrogen-bond donors (Lipinski definition) is 1. The molecule has 0 aliphatic carbocycles. The van der Waals surface area contributed by atoms with Crippen LogP contribution in [0.2, 0.25) is 0 Å². The molecule has 2 amide bonds. The molecule has 0 radical (unpaired) electrons. The summed E-state index contributed by atoms with van der Waals surface area (Å²) in [7, 11) is 3.14. The number of hydrogen-bond acceptors (Lipinski definition) is 3. The topological polar surface area (TPSA) is 58.6 Å². The number of nitrogens with zero attached hydrogens (tertiary/aromatic N) is 1. The fraction of sp³-hybridized carbons (Fsp3) is 0.333. The van der Waals surface area contributed by atoms with Crippen LogP contribution in [0.1, 0.15) is 24.8 Å². The Balaban J connectivity index is 1.70. The van der Waals surface area contributed by atoms with Crippen molar-refractivity contribution in [1.29, 1.82) is 0 Å². The first-order valence-electron chi connectivity index (χ1n) is 9.00. The van der Waals surface area contributed by atoms with Gasteiger partial charge in [0.15, 0.2) is 0 Å². The van der Waals surface area contributed by atoms with Crippen LogP contribution in [0, 0.1) is 11.6 Å². The SMILES string of the molecule is COc1ccc(CCCCC(=O)N(C)CC(=O)Nc2cc(F)cc(F)c2)cc1. The molecule has 0 fully saturated rings. The van der Waals surface area contributed by atoms with Gasteiger partial charge >= 0.3 is 0 Å². The van der Waals surface area contributed by atoms with Gasteiger partial charge in [0.1, 0.15) is 17.4 Å². The van der Waals surface area contributed by atoms with Crippen LogP contribution in [0.25, 0.3) is 0 Å². The number of carbonyl (C=O) groups excluding carboxylic acids is 2. The van der Waals surface area contributed by atoms with Crippen molar-refractivity contribution in [3.63, 3.8) is 0 Å². The summed E-state index contributed by atoms with van der Waals surface area (Å²) >= 11 is 0. The zero-order chi connectivity index (χ0) is 20.5. The molecule has 0 saturated carbocycles. The van der Waals surface area contributed by atoms with Crippen molar-refractivity contribution in [3.05, 3.63) is 59.7 Å². The molecule has 5 nitrogen and oxygen atoms in total. The lowest BCUT2D eigenvalue weighted by Gasteiger charge is -2.17. The highest BCUT2D eigenvalue weighted by molar-refractivity contribution is 5.94. The number of anilines is 1. The van der Waals surface area contributed by atoms with E-state index in [1.807, 2.05) is 24.3 Å². The highest BCUT2D eigenvalue weighted by Gasteiger charge is 2.13. The van der Waals surface area contributed by atoms with Crippen LogP contribution in [-0.2, 0) is 16.0 Å². The average Bonchev–Trinajstić information content (AvgIpc) is 2.64. The summed E-state index contributed by atoms with van der Waals surface area (Å²) in [5, 5.41) is 2.38. The molecule has 0 heterocycles. The maximum atomic E-state index is 13.1. The first-order chi connectivity index (χ1) is 13.4. The van der Waals surface area contributed by atoms with Gasteiger partial charge in [0.25, 0.3) is 0 Å². The normalized spacial score (nSPS) is 10.4. The largest absolute Gasteiger partial charge is 0.497 e. The lowest BCUT2D eigenvalue weighted by molar-refractivity contribution is -0.133. The van der Waals surface area contributed by atoms with Crippen LogP contribution in [0.5, 0.6) is 5.75 Å². The highest BCUT2D eigenvalue weighted by Crippen LogP contribution is 2.14. The van der Waals surface area contributed by atoms with Gasteiger partial charge in [-0.25, -0.2) is 8.78 Å². The second kappa shape index (κ2) is 10.4. The van der Waals surface area contributed by atoms with Gasteiger partial charge in [-0.05, 0) is 49.1 Å². The molecule has 150 valence electrons. The van der Waals surface area contributed by atoms with Gasteiger partial charge in [-0.15, -0.1) is 0 Å². The number of halogens is 2. The van der Waals surface area contributed by atoms with Crippen LogP contribution in [0.3, 0.4) is 0 Å². The Morgan fingerprint density at radius 2 is 1.68 bits per heavy atom. The number of ether oxygens (including phenoxy) is 1. The van der Waals surface area contributed by atoms with E-state index in [4.69, 9.17) is 4.74 Å². The summed E-state index contributed by atoms with van der Waals surface area (Å²) in [4.78, 5) is 25.4. The zero-order valence-electron chi connectivity index (χ0n) is 16.0. The van der Waals surface area contributed by atoms with E-state index in [1.165, 1.54) is 17.5 Å². The van der Waals surface area contributed by atoms with Crippen LogP contribution < -0.4 is 10.1 Å². The van der Waals surface area contributed by atoms with Gasteiger partial charge in [-0.3, -0.25) is 9.59 Å². The van der Waals surface area contributed by atoms with Crippen molar-refractivity contribution in [2.24, 2.45) is 0 Å². The second-order valence-corrected chi connectivity index (χ2v) is 6.51. The number of methoxy groups -OCH3 is 1. The van der Waals surface area contributed by atoms with E-state index in [1.54, 1.807) is 7.11 Å². The number of likely N-dealkylation sites (N-methyl/N-ethyl adjacent to an activating group) is 1. The lowest BCUT2D eigenvalue weighted by Crippen LogP contribution is -2.34. The summed E-state index contributed by atoms with van der Waals surface area (Å²) in [5.74, 6) is -1.43. The zero-order valence-corrected chi connectivity index (χ0v) is 16.0. The Kier molecular flexibility index (Phi) is 7.92. The van der Waals surface area contributed by atoms with Crippen molar-refractivity contribution in [2.75, 3.05) is 26.0 Å². The van der Waals surface area contributed by atoms with E-state index in [-0.39, 0.29) is 18.1 Å². The van der Waals surface area contributed by atoms with Gasteiger partial charge < -0.3 is 15.0 Å². The van der Waals surface area contributed by atoms with E-state index in [0.29, 0.717) is 12.8 Å². The van der Waals surface area contributed by atoms with Gasteiger partial charge in [0.2, 0.25) is 11.8 Å². The number of benzene rings is 2. The molecule has 2 rings (SSSR count). The van der Waals surface area contributed by atoms with Crippen LogP contribution in [-0.4, -0.2) is 37.4 Å². The molecule has 0 unspecified atom stereocenters. The van der Waals surface area contributed by atoms with E-state index in [9.17, 15) is 18.4 Å². The molecular formula is C21H24F2N2O3. The third kappa shape index (κ3) is 6.98. The molecule has 7 heteroatoms. The lowest BCUT2D eigenvalue weighted by atomic mass is 10.1. The number of carbonyl (C=O) groups is 2. The van der Waals surface area contributed by atoms with Gasteiger partial charge in [-0.1, -0.05) is 12.1 Å². The third-order valence-electron chi connectivity index (χ3n) is 4.22. The van der Waals surface area contributed by atoms with Gasteiger partial charge in [-0.2, -0.15) is 0 Å². The number of aryl methyl sites for hydroxylation is 1. The molecule has 0 atom stereocenters. The molecule has 0 aliphatic heterocycles. The van der Waals surface area contributed by atoms with Gasteiger partial charge in [0.05, 0.1) is 13.7 Å². The van der Waals surface area contributed by atoms with Crippen molar-refractivity contribution in [2.45, 2.75) is 25.7 Å². The highest BCUT2D eigenvalue weighted by atomic mass is 19.1. The monoisotopic (exact) mass is 390 g/mol. The third-order valence-corrected chi connectivity index (χ3v) is 4.22. The molecule has 2 aromatic rings. The predicted molar refractivity (Wildman–Crippen MR) is 103 cm³/mol. The molecule has 0 spiro atoms. The summed E-state index contributed by atoms with van der Waals surface area (Å²) in [5.41, 5.74) is 1.19. The van der Waals surface area contributed by atoms with E-state index in [0.717, 1.165) is 36.8 Å². The minimum Gasteiger partial charge on any atom is -0.497 e. The van der Waals surface area contributed by atoms with E-state index in [2.05, 4.69) is 5.32 Å². The van der Waals surface area contributed by atoms with Crippen molar-refractivity contribution >= 4 is 17.5 Å².